The number of benzene rings is 2. The molecule has 1 fully saturated rings. The van der Waals surface area contributed by atoms with Crippen LogP contribution in [0.3, 0.4) is 0 Å². The second kappa shape index (κ2) is 8.18. The van der Waals surface area contributed by atoms with Gasteiger partial charge in [0, 0.05) is 42.5 Å². The van der Waals surface area contributed by atoms with Crippen molar-refractivity contribution < 1.29 is 0 Å². The minimum Gasteiger partial charge on any atom is -0.365 e. The minimum absolute atomic E-state index is 0.403. The molecule has 4 aromatic rings. The van der Waals surface area contributed by atoms with Crippen molar-refractivity contribution in [1.82, 2.24) is 19.6 Å². The molecule has 168 valence electrons. The zero-order chi connectivity index (χ0) is 22.4. The number of hydrogen-bond donors (Lipinski definition) is 0. The lowest BCUT2D eigenvalue weighted by atomic mass is 9.95. The molecule has 6 rings (SSSR count). The summed E-state index contributed by atoms with van der Waals surface area (Å²) in [6.07, 6.45) is 4.52. The fraction of sp³-hybridized carbons (Fsp3) is 0.370. The van der Waals surface area contributed by atoms with Crippen molar-refractivity contribution in [2.75, 3.05) is 29.4 Å². The summed E-state index contributed by atoms with van der Waals surface area (Å²) in [6.45, 7) is 7.41. The zero-order valence-electron chi connectivity index (χ0n) is 19.4. The SMILES string of the molecule is Cc1cccc(N2CCN(c3c4c(nc5nc(-c6ccccc6)nn35)CCCC4)CC2C)c1. The average molecular weight is 439 g/mol. The number of hydrogen-bond acceptors (Lipinski definition) is 5. The van der Waals surface area contributed by atoms with Gasteiger partial charge in [-0.1, -0.05) is 42.5 Å². The van der Waals surface area contributed by atoms with E-state index >= 15 is 0 Å². The van der Waals surface area contributed by atoms with Crippen molar-refractivity contribution in [2.45, 2.75) is 45.6 Å². The van der Waals surface area contributed by atoms with Crippen molar-refractivity contribution in [3.8, 4) is 11.4 Å². The first-order valence-corrected chi connectivity index (χ1v) is 12.1. The summed E-state index contributed by atoms with van der Waals surface area (Å²) in [7, 11) is 0. The molecule has 6 nitrogen and oxygen atoms in total. The average Bonchev–Trinajstić information content (AvgIpc) is 3.26. The summed E-state index contributed by atoms with van der Waals surface area (Å²) in [5, 5.41) is 4.97. The first-order chi connectivity index (χ1) is 16.2. The third-order valence-corrected chi connectivity index (χ3v) is 7.03. The maximum Gasteiger partial charge on any atom is 0.254 e. The highest BCUT2D eigenvalue weighted by Crippen LogP contribution is 2.33. The Hall–Kier alpha value is -3.41. The topological polar surface area (TPSA) is 49.6 Å². The van der Waals surface area contributed by atoms with E-state index in [1.54, 1.807) is 0 Å². The van der Waals surface area contributed by atoms with Gasteiger partial charge < -0.3 is 9.80 Å². The van der Waals surface area contributed by atoms with Crippen LogP contribution in [0.4, 0.5) is 11.5 Å². The van der Waals surface area contributed by atoms with E-state index in [1.807, 2.05) is 22.7 Å². The van der Waals surface area contributed by atoms with Crippen LogP contribution in [0.1, 0.15) is 36.6 Å². The quantitative estimate of drug-likeness (QED) is 0.464. The Bertz CT molecular complexity index is 1290. The van der Waals surface area contributed by atoms with Crippen LogP contribution in [0, 0.1) is 6.92 Å². The Balaban J connectivity index is 1.40. The molecule has 2 aliphatic rings. The molecular weight excluding hydrogens is 408 g/mol. The number of rotatable bonds is 3. The third kappa shape index (κ3) is 3.63. The molecule has 0 amide bonds. The second-order valence-corrected chi connectivity index (χ2v) is 9.41. The largest absolute Gasteiger partial charge is 0.365 e. The van der Waals surface area contributed by atoms with E-state index < -0.39 is 0 Å². The van der Waals surface area contributed by atoms with Gasteiger partial charge in [-0.2, -0.15) is 9.50 Å². The van der Waals surface area contributed by atoms with Crippen LogP contribution >= 0.6 is 0 Å². The number of nitrogens with zero attached hydrogens (tertiary/aromatic N) is 6. The van der Waals surface area contributed by atoms with E-state index in [0.717, 1.165) is 49.6 Å². The second-order valence-electron chi connectivity index (χ2n) is 9.41. The highest BCUT2D eigenvalue weighted by molar-refractivity contribution is 5.62. The van der Waals surface area contributed by atoms with E-state index in [2.05, 4.69) is 60.0 Å². The monoisotopic (exact) mass is 438 g/mol. The molecule has 0 saturated carbocycles. The number of aromatic nitrogens is 4. The fourth-order valence-corrected chi connectivity index (χ4v) is 5.40. The zero-order valence-corrected chi connectivity index (χ0v) is 19.4. The lowest BCUT2D eigenvalue weighted by Crippen LogP contribution is -2.53. The molecule has 0 radical (unpaired) electrons. The molecule has 3 heterocycles. The molecule has 2 aromatic carbocycles. The summed E-state index contributed by atoms with van der Waals surface area (Å²) in [5.74, 6) is 2.68. The number of anilines is 2. The van der Waals surface area contributed by atoms with Gasteiger partial charge in [0.05, 0.1) is 5.69 Å². The van der Waals surface area contributed by atoms with Crippen LogP contribution in [0.2, 0.25) is 0 Å². The van der Waals surface area contributed by atoms with Gasteiger partial charge >= 0.3 is 0 Å². The summed E-state index contributed by atoms with van der Waals surface area (Å²) in [4.78, 5) is 14.9. The molecule has 1 aliphatic carbocycles. The van der Waals surface area contributed by atoms with Crippen LogP contribution in [0.15, 0.2) is 54.6 Å². The molecule has 1 unspecified atom stereocenters. The Morgan fingerprint density at radius 1 is 0.909 bits per heavy atom. The summed E-state index contributed by atoms with van der Waals surface area (Å²) in [5.41, 5.74) is 6.24. The maximum atomic E-state index is 4.97. The maximum absolute atomic E-state index is 4.97. The summed E-state index contributed by atoms with van der Waals surface area (Å²) in [6, 6.07) is 19.5. The summed E-state index contributed by atoms with van der Waals surface area (Å²) >= 11 is 0. The highest BCUT2D eigenvalue weighted by Gasteiger charge is 2.30. The van der Waals surface area contributed by atoms with E-state index in [-0.39, 0.29) is 0 Å². The first kappa shape index (κ1) is 20.2. The molecule has 1 saturated heterocycles. The lowest BCUT2D eigenvalue weighted by molar-refractivity contribution is 0.538. The summed E-state index contributed by atoms with van der Waals surface area (Å²) < 4.78 is 2.02. The van der Waals surface area contributed by atoms with Crippen LogP contribution in [-0.2, 0) is 12.8 Å². The lowest BCUT2D eigenvalue weighted by Gasteiger charge is -2.43. The molecule has 1 atom stereocenters. The molecule has 1 aliphatic heterocycles. The van der Waals surface area contributed by atoms with Crippen LogP contribution in [0.25, 0.3) is 17.2 Å². The highest BCUT2D eigenvalue weighted by atomic mass is 15.4. The van der Waals surface area contributed by atoms with E-state index in [4.69, 9.17) is 15.1 Å². The van der Waals surface area contributed by atoms with Crippen LogP contribution < -0.4 is 9.80 Å². The third-order valence-electron chi connectivity index (χ3n) is 7.03. The van der Waals surface area contributed by atoms with Gasteiger partial charge in [0.1, 0.15) is 5.82 Å². The number of fused-ring (bicyclic) bond motifs is 2. The van der Waals surface area contributed by atoms with Gasteiger partial charge in [0.2, 0.25) is 0 Å². The molecule has 0 N–H and O–H groups in total. The predicted octanol–water partition coefficient (Wildman–Crippen LogP) is 4.69. The Kier molecular flexibility index (Phi) is 5.01. The van der Waals surface area contributed by atoms with Crippen LogP contribution in [0.5, 0.6) is 0 Å². The van der Waals surface area contributed by atoms with E-state index in [9.17, 15) is 0 Å². The van der Waals surface area contributed by atoms with Crippen molar-refractivity contribution in [1.29, 1.82) is 0 Å². The van der Waals surface area contributed by atoms with E-state index in [1.165, 1.54) is 41.2 Å². The Morgan fingerprint density at radius 3 is 2.58 bits per heavy atom. The van der Waals surface area contributed by atoms with E-state index in [0.29, 0.717) is 6.04 Å². The van der Waals surface area contributed by atoms with Gasteiger partial charge in [-0.15, -0.1) is 5.10 Å². The molecule has 33 heavy (non-hydrogen) atoms. The van der Waals surface area contributed by atoms with Gasteiger partial charge in [-0.25, -0.2) is 4.98 Å². The van der Waals surface area contributed by atoms with Crippen molar-refractivity contribution >= 4 is 17.3 Å². The fourth-order valence-electron chi connectivity index (χ4n) is 5.40. The Labute approximate surface area is 194 Å². The van der Waals surface area contributed by atoms with Crippen LogP contribution in [-0.4, -0.2) is 45.3 Å². The Morgan fingerprint density at radius 2 is 1.76 bits per heavy atom. The molecule has 6 heteroatoms. The van der Waals surface area contributed by atoms with Gasteiger partial charge in [0.15, 0.2) is 5.82 Å². The molecule has 0 bridgehead atoms. The normalized spacial score (nSPS) is 18.5. The van der Waals surface area contributed by atoms with Crippen molar-refractivity contribution in [2.24, 2.45) is 0 Å². The predicted molar refractivity (Wildman–Crippen MR) is 133 cm³/mol. The standard InChI is InChI=1S/C27H30N6/c1-19-9-8-12-22(17-19)32-16-15-31(18-20(32)2)26-23-13-6-7-14-24(23)28-27-29-25(30-33(26)27)21-10-4-3-5-11-21/h3-5,8-12,17,20H,6-7,13-16,18H2,1-2H3. The number of aryl methyl sites for hydroxylation is 2. The van der Waals surface area contributed by atoms with Gasteiger partial charge in [-0.05, 0) is 57.2 Å². The van der Waals surface area contributed by atoms with Gasteiger partial charge in [-0.3, -0.25) is 0 Å². The molecule has 0 spiro atoms. The van der Waals surface area contributed by atoms with Crippen molar-refractivity contribution in [3.05, 3.63) is 71.4 Å². The van der Waals surface area contributed by atoms with Gasteiger partial charge in [0.25, 0.3) is 5.78 Å². The first-order valence-electron chi connectivity index (χ1n) is 12.1. The minimum atomic E-state index is 0.403. The molecular formula is C27H30N6. The smallest absolute Gasteiger partial charge is 0.254 e. The molecule has 2 aromatic heterocycles. The number of piperazine rings is 1. The van der Waals surface area contributed by atoms with Crippen molar-refractivity contribution in [3.63, 3.8) is 0 Å².